The van der Waals surface area contributed by atoms with Crippen LogP contribution in [0.1, 0.15) is 47.1 Å². The maximum Gasteiger partial charge on any atom is 0.321 e. The van der Waals surface area contributed by atoms with Crippen LogP contribution in [-0.2, 0) is 25.5 Å². The molecule has 0 atom stereocenters. The van der Waals surface area contributed by atoms with E-state index in [0.717, 1.165) is 0 Å². The van der Waals surface area contributed by atoms with Crippen molar-refractivity contribution in [2.24, 2.45) is 5.92 Å². The average Bonchev–Trinajstić information content (AvgIpc) is 2.33. The summed E-state index contributed by atoms with van der Waals surface area (Å²) in [6.07, 6.45) is 0.101. The SMILES string of the molecule is CC(C)(C)OC(=O)C(Cc1ccc(F)cc1)C(=O)OC(C)(C)C. The van der Waals surface area contributed by atoms with Crippen LogP contribution in [0, 0.1) is 11.7 Å². The van der Waals surface area contributed by atoms with Crippen molar-refractivity contribution in [1.29, 1.82) is 0 Å². The van der Waals surface area contributed by atoms with Crippen molar-refractivity contribution in [3.8, 4) is 0 Å². The fourth-order valence-electron chi connectivity index (χ4n) is 1.86. The highest BCUT2D eigenvalue weighted by Gasteiger charge is 2.34. The zero-order chi connectivity index (χ0) is 17.8. The minimum Gasteiger partial charge on any atom is -0.459 e. The van der Waals surface area contributed by atoms with Crippen LogP contribution in [0.2, 0.25) is 0 Å². The van der Waals surface area contributed by atoms with Gasteiger partial charge in [-0.05, 0) is 65.7 Å². The van der Waals surface area contributed by atoms with Crippen molar-refractivity contribution in [3.63, 3.8) is 0 Å². The van der Waals surface area contributed by atoms with E-state index in [0.29, 0.717) is 5.56 Å². The number of esters is 2. The first-order valence-corrected chi connectivity index (χ1v) is 7.57. The minimum absolute atomic E-state index is 0.101. The Bertz CT molecular complexity index is 522. The molecular weight excluding hydrogens is 299 g/mol. The van der Waals surface area contributed by atoms with Gasteiger partial charge in [0, 0.05) is 0 Å². The van der Waals surface area contributed by atoms with E-state index >= 15 is 0 Å². The number of hydrogen-bond donors (Lipinski definition) is 0. The summed E-state index contributed by atoms with van der Waals surface area (Å²) in [6.45, 7) is 10.4. The molecule has 0 spiro atoms. The molecule has 0 bridgehead atoms. The van der Waals surface area contributed by atoms with Gasteiger partial charge in [-0.3, -0.25) is 9.59 Å². The Balaban J connectivity index is 2.98. The number of hydrogen-bond acceptors (Lipinski definition) is 4. The molecule has 1 aromatic carbocycles. The predicted molar refractivity (Wildman–Crippen MR) is 85.3 cm³/mol. The van der Waals surface area contributed by atoms with Gasteiger partial charge in [0.2, 0.25) is 0 Å². The smallest absolute Gasteiger partial charge is 0.321 e. The van der Waals surface area contributed by atoms with Crippen molar-refractivity contribution in [2.75, 3.05) is 0 Å². The molecule has 0 fully saturated rings. The van der Waals surface area contributed by atoms with E-state index in [9.17, 15) is 14.0 Å². The molecule has 0 aliphatic carbocycles. The molecule has 0 aliphatic rings. The van der Waals surface area contributed by atoms with Crippen LogP contribution in [0.25, 0.3) is 0 Å². The fraction of sp³-hybridized carbons (Fsp3) is 0.556. The van der Waals surface area contributed by atoms with Crippen molar-refractivity contribution < 1.29 is 23.5 Å². The van der Waals surface area contributed by atoms with Crippen molar-refractivity contribution >= 4 is 11.9 Å². The second-order valence-electron chi connectivity index (χ2n) is 7.45. The Labute approximate surface area is 137 Å². The zero-order valence-corrected chi connectivity index (χ0v) is 14.6. The van der Waals surface area contributed by atoms with E-state index in [4.69, 9.17) is 9.47 Å². The van der Waals surface area contributed by atoms with Gasteiger partial charge in [-0.2, -0.15) is 0 Å². The zero-order valence-electron chi connectivity index (χ0n) is 14.6. The molecule has 0 N–H and O–H groups in total. The molecule has 0 saturated heterocycles. The highest BCUT2D eigenvalue weighted by Crippen LogP contribution is 2.20. The Morgan fingerprint density at radius 3 is 1.65 bits per heavy atom. The third kappa shape index (κ3) is 7.26. The van der Waals surface area contributed by atoms with Crippen LogP contribution >= 0.6 is 0 Å². The number of carbonyl (C=O) groups is 2. The lowest BCUT2D eigenvalue weighted by molar-refractivity contribution is -0.174. The summed E-state index contributed by atoms with van der Waals surface area (Å²) in [6, 6.07) is 5.65. The van der Waals surface area contributed by atoms with Gasteiger partial charge in [0.15, 0.2) is 5.92 Å². The molecule has 5 heteroatoms. The van der Waals surface area contributed by atoms with Gasteiger partial charge in [-0.25, -0.2) is 4.39 Å². The lowest BCUT2D eigenvalue weighted by Gasteiger charge is -2.26. The van der Waals surface area contributed by atoms with Crippen LogP contribution in [0.3, 0.4) is 0 Å². The molecule has 0 radical (unpaired) electrons. The van der Waals surface area contributed by atoms with Crippen molar-refractivity contribution in [3.05, 3.63) is 35.6 Å². The fourth-order valence-corrected chi connectivity index (χ4v) is 1.86. The van der Waals surface area contributed by atoms with Crippen LogP contribution in [0.4, 0.5) is 4.39 Å². The molecule has 0 amide bonds. The molecule has 0 aromatic heterocycles. The van der Waals surface area contributed by atoms with E-state index in [1.54, 1.807) is 41.5 Å². The highest BCUT2D eigenvalue weighted by atomic mass is 19.1. The largest absolute Gasteiger partial charge is 0.459 e. The summed E-state index contributed by atoms with van der Waals surface area (Å²) in [5.41, 5.74) is -0.756. The van der Waals surface area contributed by atoms with Gasteiger partial charge in [0.1, 0.15) is 17.0 Å². The molecule has 0 aliphatic heterocycles. The third-order valence-electron chi connectivity index (χ3n) is 2.74. The average molecular weight is 324 g/mol. The van der Waals surface area contributed by atoms with Gasteiger partial charge in [-0.15, -0.1) is 0 Å². The Morgan fingerprint density at radius 2 is 1.30 bits per heavy atom. The first-order valence-electron chi connectivity index (χ1n) is 7.57. The van der Waals surface area contributed by atoms with Gasteiger partial charge in [-0.1, -0.05) is 12.1 Å². The number of ether oxygens (including phenoxy) is 2. The van der Waals surface area contributed by atoms with Crippen LogP contribution in [-0.4, -0.2) is 23.1 Å². The predicted octanol–water partition coefficient (Wildman–Crippen LogP) is 3.67. The summed E-state index contributed by atoms with van der Waals surface area (Å²) in [5.74, 6) is -2.74. The molecular formula is C18H25FO4. The normalized spacial score (nSPS) is 12.2. The van der Waals surface area contributed by atoms with Gasteiger partial charge in [0.05, 0.1) is 0 Å². The maximum atomic E-state index is 13.0. The lowest BCUT2D eigenvalue weighted by atomic mass is 9.98. The van der Waals surface area contributed by atoms with Gasteiger partial charge in [0.25, 0.3) is 0 Å². The Kier molecular flexibility index (Phi) is 5.92. The highest BCUT2D eigenvalue weighted by molar-refractivity contribution is 5.95. The van der Waals surface area contributed by atoms with E-state index in [-0.39, 0.29) is 12.2 Å². The number of halogens is 1. The van der Waals surface area contributed by atoms with Crippen LogP contribution in [0.5, 0.6) is 0 Å². The third-order valence-corrected chi connectivity index (χ3v) is 2.74. The molecule has 1 aromatic rings. The molecule has 23 heavy (non-hydrogen) atoms. The maximum absolute atomic E-state index is 13.0. The summed E-state index contributed by atoms with van der Waals surface area (Å²) in [4.78, 5) is 24.7. The second kappa shape index (κ2) is 7.11. The molecule has 0 unspecified atom stereocenters. The van der Waals surface area contributed by atoms with Crippen molar-refractivity contribution in [2.45, 2.75) is 59.2 Å². The summed E-state index contributed by atoms with van der Waals surface area (Å²) < 4.78 is 23.6. The van der Waals surface area contributed by atoms with E-state index in [1.807, 2.05) is 0 Å². The molecule has 1 rings (SSSR count). The lowest BCUT2D eigenvalue weighted by Crippen LogP contribution is -2.38. The molecule has 128 valence electrons. The Morgan fingerprint density at radius 1 is 0.913 bits per heavy atom. The number of benzene rings is 1. The van der Waals surface area contributed by atoms with Crippen molar-refractivity contribution in [1.82, 2.24) is 0 Å². The van der Waals surface area contributed by atoms with Crippen LogP contribution < -0.4 is 0 Å². The first-order chi connectivity index (χ1) is 10.4. The monoisotopic (exact) mass is 324 g/mol. The van der Waals surface area contributed by atoms with Crippen LogP contribution in [0.15, 0.2) is 24.3 Å². The number of rotatable bonds is 4. The molecule has 4 nitrogen and oxygen atoms in total. The van der Waals surface area contributed by atoms with Gasteiger partial charge >= 0.3 is 11.9 Å². The summed E-state index contributed by atoms with van der Waals surface area (Å²) >= 11 is 0. The van der Waals surface area contributed by atoms with E-state index in [2.05, 4.69) is 0 Å². The van der Waals surface area contributed by atoms with Gasteiger partial charge < -0.3 is 9.47 Å². The standard InChI is InChI=1S/C18H25FO4/c1-17(2,3)22-15(20)14(16(21)23-18(4,5)6)11-12-7-9-13(19)10-8-12/h7-10,14H,11H2,1-6H3. The summed E-state index contributed by atoms with van der Waals surface area (Å²) in [7, 11) is 0. The topological polar surface area (TPSA) is 52.6 Å². The minimum atomic E-state index is -1.08. The molecule has 0 heterocycles. The second-order valence-corrected chi connectivity index (χ2v) is 7.45. The van der Waals surface area contributed by atoms with E-state index in [1.165, 1.54) is 24.3 Å². The summed E-state index contributed by atoms with van der Waals surface area (Å²) in [5, 5.41) is 0. The quantitative estimate of drug-likeness (QED) is 0.626. The van der Waals surface area contributed by atoms with E-state index < -0.39 is 29.1 Å². The molecule has 0 saturated carbocycles. The Hall–Kier alpha value is -1.91. The first kappa shape index (κ1) is 19.1. The number of carbonyl (C=O) groups excluding carboxylic acids is 2.